The third kappa shape index (κ3) is 7.58. The van der Waals surface area contributed by atoms with Crippen LogP contribution in [0.25, 0.3) is 0 Å². The molecule has 1 atom stereocenters. The van der Waals surface area contributed by atoms with Gasteiger partial charge in [-0.1, -0.05) is 36.4 Å². The van der Waals surface area contributed by atoms with E-state index in [1.54, 1.807) is 0 Å². The van der Waals surface area contributed by atoms with Crippen LogP contribution in [0.1, 0.15) is 54.4 Å². The lowest BCUT2D eigenvalue weighted by Crippen LogP contribution is -2.53. The molecule has 2 aromatic carbocycles. The molecule has 4 heterocycles. The molecule has 4 aliphatic rings. The summed E-state index contributed by atoms with van der Waals surface area (Å²) in [5, 5.41) is 3.09. The Balaban J connectivity index is 1.07. The van der Waals surface area contributed by atoms with Crippen molar-refractivity contribution in [1.82, 2.24) is 24.5 Å². The predicted octanol–water partition coefficient (Wildman–Crippen LogP) is 4.17. The van der Waals surface area contributed by atoms with Crippen LogP contribution < -0.4 is 5.32 Å². The molecule has 6 rings (SSSR count). The van der Waals surface area contributed by atoms with Crippen LogP contribution in [-0.4, -0.2) is 120 Å². The number of urea groups is 1. The summed E-state index contributed by atoms with van der Waals surface area (Å²) in [5.41, 5.74) is 5.62. The Labute approximate surface area is 274 Å². The first kappa shape index (κ1) is 32.5. The van der Waals surface area contributed by atoms with Crippen molar-refractivity contribution in [3.8, 4) is 0 Å². The molecule has 248 valence electrons. The number of nitrogens with one attached hydrogen (secondary N) is 1. The number of anilines is 1. The number of piperazine rings is 1. The van der Waals surface area contributed by atoms with E-state index in [0.717, 1.165) is 88.2 Å². The molecule has 1 unspecified atom stereocenters. The topological polar surface area (TPSA) is 79.4 Å². The highest BCUT2D eigenvalue weighted by Crippen LogP contribution is 2.27. The van der Waals surface area contributed by atoms with E-state index in [1.807, 2.05) is 32.9 Å². The standard InChI is InChI=1S/C37H52N6O3/c1-27-8-9-29(24-28(27)2)25-31(36(45)42-17-11-32(12-18-42)40-22-20-39(3)21-23-40)26-35(44)41-15-13-33(14-16-41)43-19-10-30-6-4-5-7-34(30)38-37(43)46/h4-9,24,31-33H,10-23,25-26H2,1-3H3,(H,38,46). The zero-order chi connectivity index (χ0) is 32.2. The van der Waals surface area contributed by atoms with Crippen LogP contribution in [0.2, 0.25) is 0 Å². The van der Waals surface area contributed by atoms with Gasteiger partial charge in [-0.3, -0.25) is 14.5 Å². The molecule has 46 heavy (non-hydrogen) atoms. The summed E-state index contributed by atoms with van der Waals surface area (Å²) in [4.78, 5) is 51.9. The highest BCUT2D eigenvalue weighted by atomic mass is 16.2. The first-order chi connectivity index (χ1) is 22.2. The van der Waals surface area contributed by atoms with E-state index in [-0.39, 0.29) is 36.2 Å². The number of piperidine rings is 2. The molecule has 1 N–H and O–H groups in total. The number of carbonyl (C=O) groups excluding carboxylic acids is 3. The first-order valence-corrected chi connectivity index (χ1v) is 17.5. The highest BCUT2D eigenvalue weighted by Gasteiger charge is 2.35. The average Bonchev–Trinajstić information content (AvgIpc) is 3.24. The number of likely N-dealkylation sites (N-methyl/N-ethyl adjacent to an activating group) is 1. The fourth-order valence-corrected chi connectivity index (χ4v) is 7.86. The van der Waals surface area contributed by atoms with Crippen molar-refractivity contribution in [2.24, 2.45) is 5.92 Å². The smallest absolute Gasteiger partial charge is 0.322 e. The second-order valence-electron chi connectivity index (χ2n) is 14.1. The average molecular weight is 629 g/mol. The molecule has 2 aromatic rings. The zero-order valence-electron chi connectivity index (χ0n) is 28.0. The van der Waals surface area contributed by atoms with Crippen LogP contribution in [0, 0.1) is 19.8 Å². The van der Waals surface area contributed by atoms with Crippen LogP contribution >= 0.6 is 0 Å². The van der Waals surface area contributed by atoms with E-state index in [2.05, 4.69) is 60.3 Å². The molecule has 0 aromatic heterocycles. The summed E-state index contributed by atoms with van der Waals surface area (Å²) >= 11 is 0. The highest BCUT2D eigenvalue weighted by molar-refractivity contribution is 5.91. The maximum Gasteiger partial charge on any atom is 0.322 e. The van der Waals surface area contributed by atoms with Gasteiger partial charge in [-0.05, 0) is 87.7 Å². The largest absolute Gasteiger partial charge is 0.343 e. The summed E-state index contributed by atoms with van der Waals surface area (Å²) in [5.74, 6) is -0.192. The van der Waals surface area contributed by atoms with Gasteiger partial charge in [0.15, 0.2) is 0 Å². The van der Waals surface area contributed by atoms with Crippen molar-refractivity contribution < 1.29 is 14.4 Å². The van der Waals surface area contributed by atoms with E-state index in [0.29, 0.717) is 32.1 Å². The quantitative estimate of drug-likeness (QED) is 0.498. The van der Waals surface area contributed by atoms with E-state index in [4.69, 9.17) is 0 Å². The number of para-hydroxylation sites is 1. The lowest BCUT2D eigenvalue weighted by Gasteiger charge is -2.42. The first-order valence-electron chi connectivity index (χ1n) is 17.5. The van der Waals surface area contributed by atoms with Gasteiger partial charge >= 0.3 is 6.03 Å². The fraction of sp³-hybridized carbons (Fsp3) is 0.595. The summed E-state index contributed by atoms with van der Waals surface area (Å²) in [6.45, 7) is 12.1. The number of likely N-dealkylation sites (tertiary alicyclic amines) is 2. The molecule has 0 spiro atoms. The van der Waals surface area contributed by atoms with Gasteiger partial charge in [-0.25, -0.2) is 4.79 Å². The molecule has 0 bridgehead atoms. The van der Waals surface area contributed by atoms with Crippen molar-refractivity contribution in [3.63, 3.8) is 0 Å². The molecule has 0 radical (unpaired) electrons. The molecule has 3 saturated heterocycles. The predicted molar refractivity (Wildman–Crippen MR) is 182 cm³/mol. The van der Waals surface area contributed by atoms with Gasteiger partial charge in [-0.15, -0.1) is 0 Å². The lowest BCUT2D eigenvalue weighted by atomic mass is 9.91. The second kappa shape index (κ2) is 14.6. The van der Waals surface area contributed by atoms with Crippen LogP contribution in [0.4, 0.5) is 10.5 Å². The van der Waals surface area contributed by atoms with E-state index in [1.165, 1.54) is 11.1 Å². The molecule has 4 amide bonds. The summed E-state index contributed by atoms with van der Waals surface area (Å²) in [6, 6.07) is 15.0. The van der Waals surface area contributed by atoms with Crippen LogP contribution in [0.5, 0.6) is 0 Å². The number of aryl methyl sites for hydroxylation is 2. The maximum absolute atomic E-state index is 14.1. The van der Waals surface area contributed by atoms with Gasteiger partial charge in [0, 0.05) is 83.1 Å². The number of nitrogens with zero attached hydrogens (tertiary/aromatic N) is 5. The summed E-state index contributed by atoms with van der Waals surface area (Å²) in [7, 11) is 2.19. The van der Waals surface area contributed by atoms with Gasteiger partial charge in [0.2, 0.25) is 11.8 Å². The third-order valence-corrected chi connectivity index (χ3v) is 11.1. The Morgan fingerprint density at radius 3 is 2.20 bits per heavy atom. The number of amides is 4. The molecular formula is C37H52N6O3. The van der Waals surface area contributed by atoms with Crippen LogP contribution in [-0.2, 0) is 22.4 Å². The summed E-state index contributed by atoms with van der Waals surface area (Å²) < 4.78 is 0. The molecular weight excluding hydrogens is 576 g/mol. The van der Waals surface area contributed by atoms with Gasteiger partial charge in [0.25, 0.3) is 0 Å². The van der Waals surface area contributed by atoms with Gasteiger partial charge in [0.1, 0.15) is 0 Å². The van der Waals surface area contributed by atoms with E-state index >= 15 is 0 Å². The SMILES string of the molecule is Cc1ccc(CC(CC(=O)N2CCC(N3CCc4ccccc4NC3=O)CC2)C(=O)N2CCC(N3CCN(C)CC3)CC2)cc1C. The van der Waals surface area contributed by atoms with Crippen molar-refractivity contribution in [2.75, 3.05) is 71.3 Å². The normalized spacial score (nSPS) is 21.5. The van der Waals surface area contributed by atoms with Crippen LogP contribution in [0.3, 0.4) is 0 Å². The zero-order valence-corrected chi connectivity index (χ0v) is 28.0. The van der Waals surface area contributed by atoms with Gasteiger partial charge < -0.3 is 24.9 Å². The molecule has 9 heteroatoms. The lowest BCUT2D eigenvalue weighted by molar-refractivity contribution is -0.143. The Kier molecular flexibility index (Phi) is 10.3. The Hall–Kier alpha value is -3.43. The van der Waals surface area contributed by atoms with Gasteiger partial charge in [-0.2, -0.15) is 0 Å². The number of hydrogen-bond acceptors (Lipinski definition) is 5. The Bertz CT molecular complexity index is 1390. The minimum absolute atomic E-state index is 0.0508. The monoisotopic (exact) mass is 628 g/mol. The fourth-order valence-electron chi connectivity index (χ4n) is 7.86. The number of rotatable bonds is 7. The maximum atomic E-state index is 14.1. The van der Waals surface area contributed by atoms with Crippen molar-refractivity contribution in [2.45, 2.75) is 70.9 Å². The molecule has 3 fully saturated rings. The second-order valence-corrected chi connectivity index (χ2v) is 14.1. The summed E-state index contributed by atoms with van der Waals surface area (Å²) in [6.07, 6.45) is 5.15. The van der Waals surface area contributed by atoms with Crippen molar-refractivity contribution in [1.29, 1.82) is 0 Å². The Morgan fingerprint density at radius 2 is 1.48 bits per heavy atom. The minimum atomic E-state index is -0.373. The van der Waals surface area contributed by atoms with Crippen molar-refractivity contribution in [3.05, 3.63) is 64.7 Å². The molecule has 0 aliphatic carbocycles. The number of benzene rings is 2. The molecule has 4 aliphatic heterocycles. The number of carbonyl (C=O) groups is 3. The molecule has 0 saturated carbocycles. The van der Waals surface area contributed by atoms with Gasteiger partial charge in [0.05, 0.1) is 5.92 Å². The number of hydrogen-bond donors (Lipinski definition) is 1. The minimum Gasteiger partial charge on any atom is -0.343 e. The van der Waals surface area contributed by atoms with Crippen molar-refractivity contribution >= 4 is 23.5 Å². The Morgan fingerprint density at radius 1 is 0.804 bits per heavy atom. The van der Waals surface area contributed by atoms with E-state index < -0.39 is 0 Å². The third-order valence-electron chi connectivity index (χ3n) is 11.1. The molecule has 9 nitrogen and oxygen atoms in total. The van der Waals surface area contributed by atoms with Crippen LogP contribution in [0.15, 0.2) is 42.5 Å². The van der Waals surface area contributed by atoms with E-state index in [9.17, 15) is 14.4 Å². The number of fused-ring (bicyclic) bond motifs is 1.